The fraction of sp³-hybridized carbons (Fsp3) is 0.548. The number of rotatable bonds is 6. The number of amidine groups is 1. The molecule has 2 aromatic rings. The molecule has 6 nitrogen and oxygen atoms in total. The lowest BCUT2D eigenvalue weighted by molar-refractivity contribution is -0.160. The number of hydrogen-bond acceptors (Lipinski definition) is 4. The van der Waals surface area contributed by atoms with E-state index in [1.807, 2.05) is 41.5 Å². The fourth-order valence-corrected chi connectivity index (χ4v) is 5.96. The van der Waals surface area contributed by atoms with E-state index in [2.05, 4.69) is 18.7 Å². The number of hydrogen-bond donors (Lipinski definition) is 2. The first-order chi connectivity index (χ1) is 17.8. The average molecular weight is 525 g/mol. The minimum Gasteiger partial charge on any atom is -0.490 e. The summed E-state index contributed by atoms with van der Waals surface area (Å²) in [5, 5.41) is 19.2. The molecule has 0 amide bonds. The van der Waals surface area contributed by atoms with Crippen molar-refractivity contribution in [2.24, 2.45) is 0 Å². The Bertz CT molecular complexity index is 1290. The summed E-state index contributed by atoms with van der Waals surface area (Å²) in [5.41, 5.74) is 6.79. The predicted molar refractivity (Wildman–Crippen MR) is 148 cm³/mol. The van der Waals surface area contributed by atoms with Gasteiger partial charge in [0, 0.05) is 30.1 Å². The van der Waals surface area contributed by atoms with Gasteiger partial charge in [0.2, 0.25) is 0 Å². The van der Waals surface area contributed by atoms with Gasteiger partial charge in [-0.05, 0) is 113 Å². The van der Waals surface area contributed by atoms with Crippen molar-refractivity contribution in [3.05, 3.63) is 50.8 Å². The molecule has 2 aliphatic rings. The Kier molecular flexibility index (Phi) is 7.63. The highest BCUT2D eigenvalue weighted by Crippen LogP contribution is 2.46. The van der Waals surface area contributed by atoms with Crippen LogP contribution in [-0.4, -0.2) is 40.1 Å². The molecule has 0 aliphatic carbocycles. The summed E-state index contributed by atoms with van der Waals surface area (Å²) in [5.74, 6) is -0.670. The van der Waals surface area contributed by atoms with E-state index < -0.39 is 23.5 Å². The molecule has 0 radical (unpaired) electrons. The van der Waals surface area contributed by atoms with E-state index in [0.29, 0.717) is 48.7 Å². The van der Waals surface area contributed by atoms with Gasteiger partial charge < -0.3 is 19.5 Å². The normalized spacial score (nSPS) is 17.0. The highest BCUT2D eigenvalue weighted by atomic mass is 19.1. The van der Waals surface area contributed by atoms with Crippen LogP contribution in [0.25, 0.3) is 11.1 Å². The van der Waals surface area contributed by atoms with Crippen LogP contribution in [0.1, 0.15) is 92.5 Å². The molecule has 7 heteroatoms. The SMILES string of the molecule is CCC(C)N1Cc2c(C)c(-c3cc(F)c4c(c3C)CCCO4)c([C@H](OC(C)(C)C)C(=O)O)c(C)c2CC1=N. The second-order valence-electron chi connectivity index (χ2n) is 11.7. The Balaban J connectivity index is 2.08. The molecule has 2 atom stereocenters. The molecular weight excluding hydrogens is 483 g/mol. The number of ether oxygens (including phenoxy) is 2. The molecule has 38 heavy (non-hydrogen) atoms. The zero-order chi connectivity index (χ0) is 28.1. The molecule has 0 saturated carbocycles. The second kappa shape index (κ2) is 10.3. The minimum atomic E-state index is -1.24. The van der Waals surface area contributed by atoms with Gasteiger partial charge in [-0.25, -0.2) is 9.18 Å². The van der Waals surface area contributed by atoms with Crippen molar-refractivity contribution in [2.75, 3.05) is 6.61 Å². The Morgan fingerprint density at radius 3 is 2.47 bits per heavy atom. The third-order valence-electron chi connectivity index (χ3n) is 8.12. The number of benzene rings is 2. The van der Waals surface area contributed by atoms with E-state index in [4.69, 9.17) is 14.9 Å². The van der Waals surface area contributed by atoms with Crippen LogP contribution in [0.4, 0.5) is 4.39 Å². The van der Waals surface area contributed by atoms with Crippen molar-refractivity contribution in [1.82, 2.24) is 4.90 Å². The van der Waals surface area contributed by atoms with Crippen LogP contribution >= 0.6 is 0 Å². The number of fused-ring (bicyclic) bond motifs is 2. The van der Waals surface area contributed by atoms with Crippen LogP contribution in [0.15, 0.2) is 6.07 Å². The summed E-state index contributed by atoms with van der Waals surface area (Å²) in [4.78, 5) is 14.9. The molecule has 4 rings (SSSR count). The van der Waals surface area contributed by atoms with Crippen molar-refractivity contribution in [3.63, 3.8) is 0 Å². The van der Waals surface area contributed by atoms with Crippen LogP contribution in [0.5, 0.6) is 5.75 Å². The summed E-state index contributed by atoms with van der Waals surface area (Å²) < 4.78 is 27.4. The number of carboxylic acid groups (broad SMARTS) is 1. The molecule has 0 spiro atoms. The first kappa shape index (κ1) is 28.1. The molecule has 0 bridgehead atoms. The number of carboxylic acids is 1. The van der Waals surface area contributed by atoms with Crippen LogP contribution in [0.2, 0.25) is 0 Å². The van der Waals surface area contributed by atoms with Gasteiger partial charge in [-0.15, -0.1) is 0 Å². The number of halogens is 1. The monoisotopic (exact) mass is 524 g/mol. The molecule has 0 aromatic heterocycles. The van der Waals surface area contributed by atoms with E-state index >= 15 is 4.39 Å². The highest BCUT2D eigenvalue weighted by Gasteiger charge is 2.37. The summed E-state index contributed by atoms with van der Waals surface area (Å²) in [7, 11) is 0. The fourth-order valence-electron chi connectivity index (χ4n) is 5.96. The molecule has 2 aromatic carbocycles. The summed E-state index contributed by atoms with van der Waals surface area (Å²) in [6.45, 7) is 16.7. The summed E-state index contributed by atoms with van der Waals surface area (Å²) in [6.07, 6.45) is 1.61. The van der Waals surface area contributed by atoms with Gasteiger partial charge in [0.05, 0.1) is 12.2 Å². The van der Waals surface area contributed by atoms with Crippen LogP contribution in [0.3, 0.4) is 0 Å². The van der Waals surface area contributed by atoms with Gasteiger partial charge in [-0.1, -0.05) is 6.92 Å². The Morgan fingerprint density at radius 1 is 1.18 bits per heavy atom. The Labute approximate surface area is 225 Å². The number of aliphatic carboxylic acids is 1. The Morgan fingerprint density at radius 2 is 1.87 bits per heavy atom. The quantitative estimate of drug-likeness (QED) is 0.433. The van der Waals surface area contributed by atoms with Gasteiger partial charge in [0.1, 0.15) is 5.84 Å². The van der Waals surface area contributed by atoms with Crippen LogP contribution < -0.4 is 4.74 Å². The van der Waals surface area contributed by atoms with Crippen LogP contribution in [-0.2, 0) is 28.9 Å². The molecule has 2 N–H and O–H groups in total. The zero-order valence-corrected chi connectivity index (χ0v) is 24.0. The van der Waals surface area contributed by atoms with Gasteiger partial charge in [0.15, 0.2) is 17.7 Å². The van der Waals surface area contributed by atoms with E-state index in [1.165, 1.54) is 6.07 Å². The van der Waals surface area contributed by atoms with Gasteiger partial charge in [0.25, 0.3) is 0 Å². The van der Waals surface area contributed by atoms with E-state index in [0.717, 1.165) is 51.8 Å². The third-order valence-corrected chi connectivity index (χ3v) is 8.12. The largest absolute Gasteiger partial charge is 0.490 e. The number of nitrogens with zero attached hydrogens (tertiary/aromatic N) is 1. The molecule has 1 unspecified atom stereocenters. The topological polar surface area (TPSA) is 82.8 Å². The first-order valence-corrected chi connectivity index (χ1v) is 13.6. The summed E-state index contributed by atoms with van der Waals surface area (Å²) >= 11 is 0. The van der Waals surface area contributed by atoms with Crippen molar-refractivity contribution >= 4 is 11.8 Å². The first-order valence-electron chi connectivity index (χ1n) is 13.6. The zero-order valence-electron chi connectivity index (χ0n) is 24.0. The molecule has 0 fully saturated rings. The number of carbonyl (C=O) groups is 1. The van der Waals surface area contributed by atoms with Crippen molar-refractivity contribution < 1.29 is 23.8 Å². The maximum absolute atomic E-state index is 15.5. The summed E-state index contributed by atoms with van der Waals surface area (Å²) in [6, 6.07) is 1.71. The van der Waals surface area contributed by atoms with E-state index in [9.17, 15) is 9.90 Å². The molecule has 0 saturated heterocycles. The second-order valence-corrected chi connectivity index (χ2v) is 11.7. The predicted octanol–water partition coefficient (Wildman–Crippen LogP) is 6.82. The van der Waals surface area contributed by atoms with E-state index in [-0.39, 0.29) is 6.04 Å². The van der Waals surface area contributed by atoms with Crippen LogP contribution in [0, 0.1) is 32.0 Å². The van der Waals surface area contributed by atoms with Gasteiger partial charge >= 0.3 is 5.97 Å². The van der Waals surface area contributed by atoms with Crippen molar-refractivity contribution in [3.8, 4) is 16.9 Å². The number of nitrogens with one attached hydrogen (secondary N) is 1. The van der Waals surface area contributed by atoms with Gasteiger partial charge in [-0.3, -0.25) is 5.41 Å². The third kappa shape index (κ3) is 4.93. The van der Waals surface area contributed by atoms with Crippen molar-refractivity contribution in [1.29, 1.82) is 5.41 Å². The lowest BCUT2D eigenvalue weighted by Crippen LogP contribution is -2.42. The smallest absolute Gasteiger partial charge is 0.337 e. The average Bonchev–Trinajstić information content (AvgIpc) is 2.86. The molecular formula is C31H41FN2O4. The van der Waals surface area contributed by atoms with E-state index in [1.54, 1.807) is 0 Å². The maximum Gasteiger partial charge on any atom is 0.337 e. The maximum atomic E-state index is 15.5. The minimum absolute atomic E-state index is 0.203. The van der Waals surface area contributed by atoms with Crippen molar-refractivity contribution in [2.45, 2.75) is 105 Å². The molecule has 206 valence electrons. The lowest BCUT2D eigenvalue weighted by Gasteiger charge is -2.39. The molecule has 2 heterocycles. The standard InChI is InChI=1S/C31H41FN2O4/c1-9-16(2)34-15-23-19(5)26(22-13-24(32)28-20(17(22)3)11-10-12-37-28)27(18(4)21(23)14-25(34)33)29(30(35)36)38-31(6,7)8/h13,16,29,33H,9-12,14-15H2,1-8H3,(H,35,36)/t16?,29-/m0/s1. The lowest BCUT2D eigenvalue weighted by atomic mass is 9.78. The van der Waals surface area contributed by atoms with Gasteiger partial charge in [-0.2, -0.15) is 0 Å². The Hall–Kier alpha value is -2.93. The molecule has 2 aliphatic heterocycles. The highest BCUT2D eigenvalue weighted by molar-refractivity contribution is 5.89.